The third-order valence-corrected chi connectivity index (χ3v) is 4.97. The first-order chi connectivity index (χ1) is 8.81. The van der Waals surface area contributed by atoms with Gasteiger partial charge in [-0.05, 0) is 37.8 Å². The van der Waals surface area contributed by atoms with Gasteiger partial charge < -0.3 is 0 Å². The molecule has 1 aromatic rings. The molecular formula is C11H13ClN2O4S. The predicted octanol–water partition coefficient (Wildman–Crippen LogP) is 2.33. The van der Waals surface area contributed by atoms with Crippen LogP contribution in [-0.2, 0) is 10.0 Å². The van der Waals surface area contributed by atoms with Crippen molar-refractivity contribution >= 4 is 27.3 Å². The number of hydrogen-bond donors (Lipinski definition) is 1. The lowest BCUT2D eigenvalue weighted by molar-refractivity contribution is -0.384. The molecule has 0 aromatic heterocycles. The maximum absolute atomic E-state index is 12.1. The zero-order valence-electron chi connectivity index (χ0n) is 10.2. The van der Waals surface area contributed by atoms with E-state index in [2.05, 4.69) is 4.72 Å². The summed E-state index contributed by atoms with van der Waals surface area (Å²) in [5.41, 5.74) is -0.413. The second kappa shape index (κ2) is 5.07. The third-order valence-electron chi connectivity index (χ3n) is 3.09. The Labute approximate surface area is 116 Å². The number of nitrogens with one attached hydrogen (secondary N) is 1. The Bertz CT molecular complexity index is 613. The van der Waals surface area contributed by atoms with E-state index >= 15 is 0 Å². The molecule has 1 aliphatic carbocycles. The zero-order valence-corrected chi connectivity index (χ0v) is 11.7. The first-order valence-corrected chi connectivity index (χ1v) is 7.63. The van der Waals surface area contributed by atoms with E-state index in [1.807, 2.05) is 0 Å². The van der Waals surface area contributed by atoms with Crippen molar-refractivity contribution < 1.29 is 13.3 Å². The summed E-state index contributed by atoms with van der Waals surface area (Å²) >= 11 is 5.65. The van der Waals surface area contributed by atoms with Crippen molar-refractivity contribution in [3.8, 4) is 0 Å². The topological polar surface area (TPSA) is 89.3 Å². The van der Waals surface area contributed by atoms with Crippen LogP contribution >= 0.6 is 11.6 Å². The number of nitro groups is 1. The van der Waals surface area contributed by atoms with Crippen LogP contribution in [0.1, 0.15) is 19.8 Å². The molecule has 0 amide bonds. The fourth-order valence-corrected chi connectivity index (χ4v) is 3.32. The van der Waals surface area contributed by atoms with E-state index in [1.54, 1.807) is 6.92 Å². The minimum Gasteiger partial charge on any atom is -0.258 e. The van der Waals surface area contributed by atoms with Gasteiger partial charge in [-0.25, -0.2) is 13.1 Å². The molecule has 104 valence electrons. The molecule has 1 aliphatic rings. The maximum Gasteiger partial charge on any atom is 0.289 e. The van der Waals surface area contributed by atoms with Gasteiger partial charge in [0.05, 0.1) is 9.82 Å². The zero-order chi connectivity index (χ0) is 14.2. The normalized spacial score (nSPS) is 17.2. The third kappa shape index (κ3) is 3.23. The average Bonchev–Trinajstić information content (AvgIpc) is 3.11. The summed E-state index contributed by atoms with van der Waals surface area (Å²) in [6.07, 6.45) is 2.01. The summed E-state index contributed by atoms with van der Waals surface area (Å²) in [7, 11) is -3.75. The van der Waals surface area contributed by atoms with Crippen molar-refractivity contribution in [1.82, 2.24) is 4.72 Å². The van der Waals surface area contributed by atoms with Crippen molar-refractivity contribution in [2.75, 3.05) is 0 Å². The summed E-state index contributed by atoms with van der Waals surface area (Å²) in [6.45, 7) is 1.79. The molecule has 0 radical (unpaired) electrons. The number of rotatable bonds is 5. The Morgan fingerprint density at radius 2 is 2.11 bits per heavy atom. The molecule has 0 unspecified atom stereocenters. The minimum atomic E-state index is -3.75. The lowest BCUT2D eigenvalue weighted by Gasteiger charge is -2.13. The fourth-order valence-electron chi connectivity index (χ4n) is 1.80. The molecule has 1 fully saturated rings. The Hall–Kier alpha value is -1.18. The molecule has 1 aromatic carbocycles. The van der Waals surface area contributed by atoms with Gasteiger partial charge in [-0.2, -0.15) is 0 Å². The highest BCUT2D eigenvalue weighted by molar-refractivity contribution is 7.89. The van der Waals surface area contributed by atoms with Crippen molar-refractivity contribution in [1.29, 1.82) is 0 Å². The molecule has 0 bridgehead atoms. The van der Waals surface area contributed by atoms with Crippen LogP contribution in [0, 0.1) is 16.0 Å². The van der Waals surface area contributed by atoms with Gasteiger partial charge in [-0.15, -0.1) is 0 Å². The fraction of sp³-hybridized carbons (Fsp3) is 0.455. The molecule has 8 heteroatoms. The standard InChI is InChI=1S/C11H13ClN2O4S/c1-7(8-2-3-8)13-19(17,18)9-4-5-10(12)11(6-9)14(15)16/h4-8,13H,2-3H2,1H3/t7-/m1/s1. The van der Waals surface area contributed by atoms with Crippen molar-refractivity contribution in [2.45, 2.75) is 30.7 Å². The van der Waals surface area contributed by atoms with Crippen LogP contribution < -0.4 is 4.72 Å². The van der Waals surface area contributed by atoms with Gasteiger partial charge in [0.2, 0.25) is 10.0 Å². The van der Waals surface area contributed by atoms with Gasteiger partial charge >= 0.3 is 0 Å². The lowest BCUT2D eigenvalue weighted by atomic mass is 10.2. The SMILES string of the molecule is C[C@@H](NS(=O)(=O)c1ccc(Cl)c([N+](=O)[O-])c1)C1CC1. The predicted molar refractivity (Wildman–Crippen MR) is 70.6 cm³/mol. The number of nitro benzene ring substituents is 1. The first-order valence-electron chi connectivity index (χ1n) is 5.77. The van der Waals surface area contributed by atoms with Crippen LogP contribution in [0.4, 0.5) is 5.69 Å². The molecule has 1 N–H and O–H groups in total. The van der Waals surface area contributed by atoms with Crippen LogP contribution in [0.2, 0.25) is 5.02 Å². The molecule has 1 saturated carbocycles. The Morgan fingerprint density at radius 3 is 2.63 bits per heavy atom. The van der Waals surface area contributed by atoms with Crippen LogP contribution in [0.15, 0.2) is 23.1 Å². The Morgan fingerprint density at radius 1 is 1.47 bits per heavy atom. The highest BCUT2D eigenvalue weighted by atomic mass is 35.5. The van der Waals surface area contributed by atoms with E-state index in [9.17, 15) is 18.5 Å². The first kappa shape index (κ1) is 14.2. The van der Waals surface area contributed by atoms with Gasteiger partial charge in [-0.3, -0.25) is 10.1 Å². The second-order valence-corrected chi connectivity index (χ2v) is 6.74. The van der Waals surface area contributed by atoms with E-state index in [0.717, 1.165) is 18.9 Å². The summed E-state index contributed by atoms with van der Waals surface area (Å²) in [6, 6.07) is 3.29. The van der Waals surface area contributed by atoms with Crippen LogP contribution in [0.25, 0.3) is 0 Å². The lowest BCUT2D eigenvalue weighted by Crippen LogP contribution is -2.34. The number of halogens is 1. The maximum atomic E-state index is 12.1. The van der Waals surface area contributed by atoms with Gasteiger partial charge in [-0.1, -0.05) is 11.6 Å². The quantitative estimate of drug-likeness (QED) is 0.668. The van der Waals surface area contributed by atoms with Gasteiger partial charge in [0, 0.05) is 12.1 Å². The highest BCUT2D eigenvalue weighted by Crippen LogP contribution is 2.33. The summed E-state index contributed by atoms with van der Waals surface area (Å²) in [5, 5.41) is 10.7. The molecule has 0 saturated heterocycles. The van der Waals surface area contributed by atoms with E-state index in [1.165, 1.54) is 12.1 Å². The second-order valence-electron chi connectivity index (χ2n) is 4.62. The van der Waals surface area contributed by atoms with Gasteiger partial charge in [0.1, 0.15) is 5.02 Å². The molecule has 1 atom stereocenters. The number of sulfonamides is 1. The average molecular weight is 305 g/mol. The monoisotopic (exact) mass is 304 g/mol. The molecule has 6 nitrogen and oxygen atoms in total. The molecule has 19 heavy (non-hydrogen) atoms. The number of benzene rings is 1. The molecule has 0 spiro atoms. The largest absolute Gasteiger partial charge is 0.289 e. The molecule has 2 rings (SSSR count). The highest BCUT2D eigenvalue weighted by Gasteiger charge is 2.31. The number of nitrogens with zero attached hydrogens (tertiary/aromatic N) is 1. The van der Waals surface area contributed by atoms with E-state index in [4.69, 9.17) is 11.6 Å². The van der Waals surface area contributed by atoms with Crippen LogP contribution in [0.3, 0.4) is 0 Å². The summed E-state index contributed by atoms with van der Waals surface area (Å²) < 4.78 is 26.7. The minimum absolute atomic E-state index is 0.0841. The van der Waals surface area contributed by atoms with E-state index in [-0.39, 0.29) is 16.0 Å². The number of hydrogen-bond acceptors (Lipinski definition) is 4. The van der Waals surface area contributed by atoms with Gasteiger partial charge in [0.25, 0.3) is 5.69 Å². The van der Waals surface area contributed by atoms with Crippen LogP contribution in [-0.4, -0.2) is 19.4 Å². The van der Waals surface area contributed by atoms with Crippen molar-refractivity contribution in [2.24, 2.45) is 5.92 Å². The van der Waals surface area contributed by atoms with Crippen LogP contribution in [0.5, 0.6) is 0 Å². The van der Waals surface area contributed by atoms with Crippen molar-refractivity contribution in [3.63, 3.8) is 0 Å². The van der Waals surface area contributed by atoms with Gasteiger partial charge in [0.15, 0.2) is 0 Å². The summed E-state index contributed by atoms with van der Waals surface area (Å²) in [4.78, 5) is 9.90. The van der Waals surface area contributed by atoms with E-state index in [0.29, 0.717) is 5.92 Å². The van der Waals surface area contributed by atoms with Crippen molar-refractivity contribution in [3.05, 3.63) is 33.3 Å². The summed E-state index contributed by atoms with van der Waals surface area (Å²) in [5.74, 6) is 0.358. The molecule has 0 heterocycles. The Balaban J connectivity index is 2.29. The molecular weight excluding hydrogens is 292 g/mol. The Kier molecular flexibility index (Phi) is 3.80. The van der Waals surface area contributed by atoms with E-state index < -0.39 is 20.6 Å². The smallest absolute Gasteiger partial charge is 0.258 e. The molecule has 0 aliphatic heterocycles.